The molecule has 0 heterocycles. The van der Waals surface area contributed by atoms with Gasteiger partial charge in [-0.15, -0.1) is 0 Å². The van der Waals surface area contributed by atoms with Gasteiger partial charge in [-0.05, 0) is 106 Å². The molecular formula is C29H50O2. The van der Waals surface area contributed by atoms with E-state index >= 15 is 0 Å². The number of carboxylic acid groups (broad SMARTS) is 1. The van der Waals surface area contributed by atoms with Crippen molar-refractivity contribution in [3.05, 3.63) is 33.9 Å². The molecule has 0 aliphatic carbocycles. The van der Waals surface area contributed by atoms with Crippen molar-refractivity contribution in [3.8, 4) is 0 Å². The summed E-state index contributed by atoms with van der Waals surface area (Å²) in [7, 11) is 0. The predicted molar refractivity (Wildman–Crippen MR) is 135 cm³/mol. The summed E-state index contributed by atoms with van der Waals surface area (Å²) in [5, 5.41) is 9.26. The first-order valence-corrected chi connectivity index (χ1v) is 12.7. The molecule has 1 aromatic rings. The van der Waals surface area contributed by atoms with E-state index in [1.165, 1.54) is 68.1 Å². The van der Waals surface area contributed by atoms with Gasteiger partial charge in [-0.25, -0.2) is 0 Å². The molecule has 1 N–H and O–H groups in total. The lowest BCUT2D eigenvalue weighted by Crippen LogP contribution is -2.23. The van der Waals surface area contributed by atoms with Crippen LogP contribution < -0.4 is 0 Å². The lowest BCUT2D eigenvalue weighted by molar-refractivity contribution is -0.147. The van der Waals surface area contributed by atoms with Crippen LogP contribution in [0.25, 0.3) is 0 Å². The zero-order valence-electron chi connectivity index (χ0n) is 21.9. The maximum Gasteiger partial charge on any atom is 0.309 e. The Morgan fingerprint density at radius 3 is 1.71 bits per heavy atom. The highest BCUT2D eigenvalue weighted by Gasteiger charge is 2.25. The number of aryl methyl sites for hydroxylation is 2. The fourth-order valence-corrected chi connectivity index (χ4v) is 4.55. The molecule has 0 fully saturated rings. The number of carbonyl (C=O) groups is 1. The first kappa shape index (κ1) is 27.7. The highest BCUT2D eigenvalue weighted by atomic mass is 16.4. The molecular weight excluding hydrogens is 380 g/mol. The minimum Gasteiger partial charge on any atom is -0.481 e. The third-order valence-corrected chi connectivity index (χ3v) is 6.98. The maximum atomic E-state index is 11.3. The van der Waals surface area contributed by atoms with E-state index in [0.717, 1.165) is 25.7 Å². The number of carboxylic acids is 1. The molecule has 0 aliphatic rings. The Hall–Kier alpha value is -1.31. The standard InChI is InChI=1S/C29H50O2/c1-22-21-23(2)25(17-13-9-11-15-19-28(4,5)6)26(24(22)3)18-14-10-12-16-20-29(7,8)27(30)31/h21H,9-20H2,1-8H3,(H,30,31). The largest absolute Gasteiger partial charge is 0.481 e. The van der Waals surface area contributed by atoms with Gasteiger partial charge < -0.3 is 5.11 Å². The predicted octanol–water partition coefficient (Wildman–Crippen LogP) is 8.75. The Morgan fingerprint density at radius 2 is 1.19 bits per heavy atom. The topological polar surface area (TPSA) is 37.3 Å². The first-order chi connectivity index (χ1) is 14.3. The summed E-state index contributed by atoms with van der Waals surface area (Å²) in [6.45, 7) is 17.5. The van der Waals surface area contributed by atoms with Crippen LogP contribution in [0.4, 0.5) is 0 Å². The number of hydrogen-bond acceptors (Lipinski definition) is 1. The fraction of sp³-hybridized carbons (Fsp3) is 0.759. The number of hydrogen-bond donors (Lipinski definition) is 1. The van der Waals surface area contributed by atoms with Gasteiger partial charge in [-0.1, -0.05) is 65.4 Å². The van der Waals surface area contributed by atoms with Gasteiger partial charge >= 0.3 is 5.97 Å². The van der Waals surface area contributed by atoms with Crippen molar-refractivity contribution in [1.29, 1.82) is 0 Å². The summed E-state index contributed by atoms with van der Waals surface area (Å²) in [6, 6.07) is 2.38. The molecule has 178 valence electrons. The minimum atomic E-state index is -0.679. The van der Waals surface area contributed by atoms with Crippen LogP contribution in [0.5, 0.6) is 0 Å². The Balaban J connectivity index is 2.54. The number of rotatable bonds is 14. The van der Waals surface area contributed by atoms with Gasteiger partial charge in [0.05, 0.1) is 5.41 Å². The van der Waals surface area contributed by atoms with Gasteiger partial charge in [-0.3, -0.25) is 4.79 Å². The van der Waals surface area contributed by atoms with Crippen molar-refractivity contribution < 1.29 is 9.90 Å². The molecule has 0 saturated carbocycles. The van der Waals surface area contributed by atoms with Crippen LogP contribution in [0.15, 0.2) is 6.07 Å². The molecule has 0 radical (unpaired) electrons. The highest BCUT2D eigenvalue weighted by Crippen LogP contribution is 2.28. The summed E-state index contributed by atoms with van der Waals surface area (Å²) in [6.07, 6.45) is 14.3. The normalized spacial score (nSPS) is 12.4. The van der Waals surface area contributed by atoms with E-state index in [1.807, 2.05) is 13.8 Å². The second-order valence-electron chi connectivity index (χ2n) is 11.7. The van der Waals surface area contributed by atoms with Crippen LogP contribution in [0.3, 0.4) is 0 Å². The van der Waals surface area contributed by atoms with Gasteiger partial charge in [0.2, 0.25) is 0 Å². The van der Waals surface area contributed by atoms with Crippen LogP contribution in [-0.2, 0) is 17.6 Å². The number of benzene rings is 1. The van der Waals surface area contributed by atoms with Crippen molar-refractivity contribution in [2.24, 2.45) is 10.8 Å². The number of aliphatic carboxylic acids is 1. The van der Waals surface area contributed by atoms with Crippen molar-refractivity contribution in [3.63, 3.8) is 0 Å². The quantitative estimate of drug-likeness (QED) is 0.299. The molecule has 2 nitrogen and oxygen atoms in total. The van der Waals surface area contributed by atoms with E-state index in [4.69, 9.17) is 0 Å². The highest BCUT2D eigenvalue weighted by molar-refractivity contribution is 5.73. The van der Waals surface area contributed by atoms with Crippen LogP contribution in [0.2, 0.25) is 0 Å². The second-order valence-corrected chi connectivity index (χ2v) is 11.7. The van der Waals surface area contributed by atoms with Crippen LogP contribution in [0.1, 0.15) is 127 Å². The van der Waals surface area contributed by atoms with Gasteiger partial charge in [-0.2, -0.15) is 0 Å². The maximum absolute atomic E-state index is 11.3. The zero-order valence-corrected chi connectivity index (χ0v) is 21.9. The zero-order chi connectivity index (χ0) is 23.7. The van der Waals surface area contributed by atoms with Gasteiger partial charge in [0, 0.05) is 0 Å². The second kappa shape index (κ2) is 12.7. The molecule has 2 heteroatoms. The van der Waals surface area contributed by atoms with E-state index in [9.17, 15) is 9.90 Å². The van der Waals surface area contributed by atoms with Gasteiger partial charge in [0.1, 0.15) is 0 Å². The number of unbranched alkanes of at least 4 members (excludes halogenated alkanes) is 6. The molecule has 0 aromatic heterocycles. The van der Waals surface area contributed by atoms with Crippen molar-refractivity contribution >= 4 is 5.97 Å². The first-order valence-electron chi connectivity index (χ1n) is 12.7. The monoisotopic (exact) mass is 430 g/mol. The molecule has 0 unspecified atom stereocenters. The van der Waals surface area contributed by atoms with E-state index in [1.54, 1.807) is 11.1 Å². The van der Waals surface area contributed by atoms with Crippen LogP contribution >= 0.6 is 0 Å². The molecule has 0 aliphatic heterocycles. The van der Waals surface area contributed by atoms with E-state index < -0.39 is 11.4 Å². The molecule has 1 aromatic carbocycles. The Bertz CT molecular complexity index is 692. The van der Waals surface area contributed by atoms with Crippen LogP contribution in [-0.4, -0.2) is 11.1 Å². The van der Waals surface area contributed by atoms with Crippen molar-refractivity contribution in [2.75, 3.05) is 0 Å². The van der Waals surface area contributed by atoms with Gasteiger partial charge in [0.15, 0.2) is 0 Å². The Kier molecular flexibility index (Phi) is 11.3. The third-order valence-electron chi connectivity index (χ3n) is 6.98. The molecule has 0 amide bonds. The summed E-state index contributed by atoms with van der Waals surface area (Å²) in [4.78, 5) is 11.3. The molecule has 0 saturated heterocycles. The smallest absolute Gasteiger partial charge is 0.309 e. The van der Waals surface area contributed by atoms with Gasteiger partial charge in [0.25, 0.3) is 0 Å². The van der Waals surface area contributed by atoms with Crippen molar-refractivity contribution in [2.45, 2.75) is 132 Å². The average molecular weight is 431 g/mol. The minimum absolute atomic E-state index is 0.460. The van der Waals surface area contributed by atoms with E-state index in [-0.39, 0.29) is 0 Å². The summed E-state index contributed by atoms with van der Waals surface area (Å²) in [5.74, 6) is -0.679. The summed E-state index contributed by atoms with van der Waals surface area (Å²) >= 11 is 0. The SMILES string of the molecule is Cc1cc(C)c(CCCCCCC(C)(C)C)c(CCCCCCC(C)(C)C(=O)O)c1C. The van der Waals surface area contributed by atoms with Crippen molar-refractivity contribution in [1.82, 2.24) is 0 Å². The lowest BCUT2D eigenvalue weighted by atomic mass is 9.86. The Morgan fingerprint density at radius 1 is 0.710 bits per heavy atom. The molecule has 1 rings (SSSR count). The average Bonchev–Trinajstić information content (AvgIpc) is 2.65. The third kappa shape index (κ3) is 10.2. The van der Waals surface area contributed by atoms with Crippen LogP contribution in [0, 0.1) is 31.6 Å². The lowest BCUT2D eigenvalue weighted by Gasteiger charge is -2.20. The molecule has 31 heavy (non-hydrogen) atoms. The molecule has 0 bridgehead atoms. The fourth-order valence-electron chi connectivity index (χ4n) is 4.55. The summed E-state index contributed by atoms with van der Waals surface area (Å²) < 4.78 is 0. The van der Waals surface area contributed by atoms with E-state index in [0.29, 0.717) is 5.41 Å². The summed E-state index contributed by atoms with van der Waals surface area (Å²) in [5.41, 5.74) is 7.44. The van der Waals surface area contributed by atoms with E-state index in [2.05, 4.69) is 47.6 Å². The molecule has 0 spiro atoms. The Labute approximate surface area is 193 Å². The molecule has 0 atom stereocenters.